The van der Waals surface area contributed by atoms with Crippen LogP contribution >= 0.6 is 11.3 Å². The Morgan fingerprint density at radius 2 is 2.06 bits per heavy atom. The highest BCUT2D eigenvalue weighted by atomic mass is 32.1. The van der Waals surface area contributed by atoms with E-state index in [4.69, 9.17) is 14.2 Å². The molecule has 0 radical (unpaired) electrons. The number of aromatic hydroxyl groups is 1. The molecule has 8 heteroatoms. The van der Waals surface area contributed by atoms with Crippen molar-refractivity contribution in [1.82, 2.24) is 0 Å². The number of hydrogen-bond donors (Lipinski definition) is 1. The van der Waals surface area contributed by atoms with Gasteiger partial charge in [-0.2, -0.15) is 0 Å². The summed E-state index contributed by atoms with van der Waals surface area (Å²) in [5, 5.41) is 12.2. The molecule has 2 aliphatic heterocycles. The third-order valence-electron chi connectivity index (χ3n) is 8.00. The molecule has 1 aromatic heterocycles. The van der Waals surface area contributed by atoms with Gasteiger partial charge in [0, 0.05) is 23.8 Å². The minimum atomic E-state index is -1.41. The monoisotopic (exact) mass is 506 g/mol. The van der Waals surface area contributed by atoms with Crippen molar-refractivity contribution in [1.29, 1.82) is 0 Å². The summed E-state index contributed by atoms with van der Waals surface area (Å²) < 4.78 is 18.7. The highest BCUT2D eigenvalue weighted by Crippen LogP contribution is 2.67. The van der Waals surface area contributed by atoms with E-state index in [0.29, 0.717) is 16.9 Å². The quantitative estimate of drug-likeness (QED) is 0.465. The number of carbonyl (C=O) groups is 3. The molecule has 0 unspecified atom stereocenters. The Labute approximate surface area is 212 Å². The molecule has 1 spiro atoms. The number of ether oxygens (including phenoxy) is 3. The molecule has 7 nitrogen and oxygen atoms in total. The first-order chi connectivity index (χ1) is 17.1. The lowest BCUT2D eigenvalue weighted by Gasteiger charge is -2.56. The van der Waals surface area contributed by atoms with E-state index in [1.807, 2.05) is 32.2 Å². The number of thiophene rings is 1. The standard InChI is InChI=1S/C28H26O7S/c1-15(14-33-25(32)20-8-5-11-36-20)9-10-27-24(31)16-12-17-23(30)22-18(29)6-4-7-19(22)34-28(17,27)21(13-16)26(2,3)35-27/h4-9,11-12,16,21,29H,10,13-14H2,1-3H3/b15-9-/t16-,21+,27+,28-/m1/s1. The predicted octanol–water partition coefficient (Wildman–Crippen LogP) is 4.65. The normalized spacial score (nSPS) is 31.4. The van der Waals surface area contributed by atoms with E-state index < -0.39 is 28.7 Å². The van der Waals surface area contributed by atoms with Gasteiger partial charge in [0.25, 0.3) is 0 Å². The van der Waals surface area contributed by atoms with Gasteiger partial charge in [-0.25, -0.2) is 4.79 Å². The van der Waals surface area contributed by atoms with Gasteiger partial charge < -0.3 is 19.3 Å². The maximum absolute atomic E-state index is 13.9. The van der Waals surface area contributed by atoms with E-state index in [0.717, 1.165) is 5.57 Å². The highest BCUT2D eigenvalue weighted by molar-refractivity contribution is 7.11. The summed E-state index contributed by atoms with van der Waals surface area (Å²) in [6, 6.07) is 8.22. The van der Waals surface area contributed by atoms with Gasteiger partial charge in [-0.05, 0) is 56.3 Å². The van der Waals surface area contributed by atoms with Crippen LogP contribution in [0, 0.1) is 11.8 Å². The molecule has 1 N–H and O–H groups in total. The van der Waals surface area contributed by atoms with Gasteiger partial charge in [-0.15, -0.1) is 11.3 Å². The summed E-state index contributed by atoms with van der Waals surface area (Å²) in [6.07, 6.45) is 4.26. The first kappa shape index (κ1) is 23.2. The molecule has 2 aromatic rings. The van der Waals surface area contributed by atoms with E-state index in [-0.39, 0.29) is 47.6 Å². The van der Waals surface area contributed by atoms with Crippen molar-refractivity contribution in [2.24, 2.45) is 11.8 Å². The number of carbonyl (C=O) groups excluding carboxylic acids is 3. The zero-order valence-electron chi connectivity index (χ0n) is 20.2. The van der Waals surface area contributed by atoms with Crippen LogP contribution in [-0.2, 0) is 14.3 Å². The average molecular weight is 507 g/mol. The molecular formula is C28H26O7S. The summed E-state index contributed by atoms with van der Waals surface area (Å²) in [6.45, 7) is 5.77. The van der Waals surface area contributed by atoms with Crippen LogP contribution in [0.3, 0.4) is 0 Å². The maximum Gasteiger partial charge on any atom is 0.348 e. The third-order valence-corrected chi connectivity index (χ3v) is 8.85. The number of esters is 1. The number of phenolic OH excluding ortho intramolecular Hbond substituents is 1. The van der Waals surface area contributed by atoms with Crippen LogP contribution in [0.5, 0.6) is 11.5 Å². The van der Waals surface area contributed by atoms with Crippen LogP contribution in [0.1, 0.15) is 53.6 Å². The second kappa shape index (κ2) is 7.63. The summed E-state index contributed by atoms with van der Waals surface area (Å²) in [5.41, 5.74) is -2.18. The molecule has 7 rings (SSSR count). The second-order valence-electron chi connectivity index (χ2n) is 10.5. The number of allylic oxidation sites excluding steroid dienone is 1. The zero-order chi connectivity index (χ0) is 25.5. The summed E-state index contributed by atoms with van der Waals surface area (Å²) in [5.74, 6) is -1.44. The smallest absolute Gasteiger partial charge is 0.348 e. The first-order valence-electron chi connectivity index (χ1n) is 12.0. The van der Waals surface area contributed by atoms with Crippen molar-refractivity contribution in [3.8, 4) is 11.5 Å². The van der Waals surface area contributed by atoms with Crippen LogP contribution in [0.4, 0.5) is 0 Å². The average Bonchev–Trinajstić information content (AvgIpc) is 3.42. The fourth-order valence-electron chi connectivity index (χ4n) is 6.49. The van der Waals surface area contributed by atoms with Crippen LogP contribution in [0.15, 0.2) is 59.0 Å². The Kier molecular flexibility index (Phi) is 4.92. The van der Waals surface area contributed by atoms with E-state index >= 15 is 0 Å². The largest absolute Gasteiger partial charge is 0.507 e. The molecule has 1 saturated carbocycles. The minimum absolute atomic E-state index is 0.0729. The highest BCUT2D eigenvalue weighted by Gasteiger charge is 2.81. The van der Waals surface area contributed by atoms with Crippen molar-refractivity contribution < 1.29 is 33.7 Å². The van der Waals surface area contributed by atoms with Gasteiger partial charge in [0.15, 0.2) is 22.8 Å². The molecule has 1 aromatic carbocycles. The van der Waals surface area contributed by atoms with E-state index in [2.05, 4.69) is 0 Å². The van der Waals surface area contributed by atoms with Gasteiger partial charge in [-0.1, -0.05) is 24.3 Å². The Bertz CT molecular complexity index is 1370. The maximum atomic E-state index is 13.9. The molecule has 0 amide bonds. The molecule has 36 heavy (non-hydrogen) atoms. The molecule has 3 aliphatic carbocycles. The topological polar surface area (TPSA) is 99.1 Å². The van der Waals surface area contributed by atoms with Crippen molar-refractivity contribution >= 4 is 28.9 Å². The number of rotatable bonds is 5. The Morgan fingerprint density at radius 3 is 2.81 bits per heavy atom. The van der Waals surface area contributed by atoms with Gasteiger partial charge in [0.2, 0.25) is 0 Å². The van der Waals surface area contributed by atoms with Crippen molar-refractivity contribution in [3.63, 3.8) is 0 Å². The molecule has 2 fully saturated rings. The lowest BCUT2D eigenvalue weighted by molar-refractivity contribution is -0.171. The first-order valence-corrected chi connectivity index (χ1v) is 12.9. The lowest BCUT2D eigenvalue weighted by Crippen LogP contribution is -2.72. The summed E-state index contributed by atoms with van der Waals surface area (Å²) in [4.78, 5) is 40.4. The summed E-state index contributed by atoms with van der Waals surface area (Å²) in [7, 11) is 0. The SMILES string of the molecule is C/C(=C/C[C@@]12OC(C)(C)[C@@H]3C[C@@H](C=C4C(=O)c5c(O)cccc5O[C@]431)C2=O)COC(=O)c1cccs1. The third kappa shape index (κ3) is 2.91. The van der Waals surface area contributed by atoms with Gasteiger partial charge >= 0.3 is 5.97 Å². The van der Waals surface area contributed by atoms with Gasteiger partial charge in [0.1, 0.15) is 28.5 Å². The minimum Gasteiger partial charge on any atom is -0.507 e. The van der Waals surface area contributed by atoms with Crippen molar-refractivity contribution in [2.75, 3.05) is 6.61 Å². The van der Waals surface area contributed by atoms with E-state index in [1.54, 1.807) is 30.3 Å². The molecule has 186 valence electrons. The van der Waals surface area contributed by atoms with E-state index in [9.17, 15) is 19.5 Å². The summed E-state index contributed by atoms with van der Waals surface area (Å²) >= 11 is 1.31. The van der Waals surface area contributed by atoms with Crippen LogP contribution in [0.25, 0.3) is 0 Å². The fourth-order valence-corrected chi connectivity index (χ4v) is 7.11. The predicted molar refractivity (Wildman–Crippen MR) is 131 cm³/mol. The fraction of sp³-hybridized carbons (Fsp3) is 0.393. The van der Waals surface area contributed by atoms with Crippen LogP contribution in [0.2, 0.25) is 0 Å². The molecule has 1 saturated heterocycles. The number of hydrogen-bond acceptors (Lipinski definition) is 8. The molecule has 3 heterocycles. The van der Waals surface area contributed by atoms with Gasteiger partial charge in [0.05, 0.1) is 5.60 Å². The Hall–Kier alpha value is -3.23. The molecular weight excluding hydrogens is 480 g/mol. The number of ketones is 2. The number of benzene rings is 1. The molecule has 4 bridgehead atoms. The zero-order valence-corrected chi connectivity index (χ0v) is 21.0. The molecule has 5 aliphatic rings. The van der Waals surface area contributed by atoms with Crippen molar-refractivity contribution in [3.05, 3.63) is 69.5 Å². The molecule has 4 atom stereocenters. The number of Topliss-reactive ketones (excluding diaryl/α,β-unsaturated/α-hetero) is 2. The van der Waals surface area contributed by atoms with Crippen LogP contribution in [-0.4, -0.2) is 46.1 Å². The van der Waals surface area contributed by atoms with Crippen molar-refractivity contribution in [2.45, 2.75) is 50.4 Å². The Balaban J connectivity index is 1.39. The Morgan fingerprint density at radius 1 is 1.25 bits per heavy atom. The number of phenols is 1. The lowest BCUT2D eigenvalue weighted by atomic mass is 9.51. The van der Waals surface area contributed by atoms with E-state index in [1.165, 1.54) is 17.4 Å². The van der Waals surface area contributed by atoms with Gasteiger partial charge in [-0.3, -0.25) is 9.59 Å². The second-order valence-corrected chi connectivity index (χ2v) is 11.4. The van der Waals surface area contributed by atoms with Crippen LogP contribution < -0.4 is 4.74 Å². The number of fused-ring (bicyclic) bond motifs is 1.